The number of ether oxygens (including phenoxy) is 2. The van der Waals surface area contributed by atoms with Crippen molar-refractivity contribution in [3.63, 3.8) is 0 Å². The second-order valence-electron chi connectivity index (χ2n) is 5.56. The number of esters is 2. The minimum Gasteiger partial charge on any atom is -0.504 e. The van der Waals surface area contributed by atoms with Gasteiger partial charge in [0.1, 0.15) is 0 Å². The van der Waals surface area contributed by atoms with Gasteiger partial charge in [-0.3, -0.25) is 0 Å². The lowest BCUT2D eigenvalue weighted by molar-refractivity contribution is -0.162. The van der Waals surface area contributed by atoms with Gasteiger partial charge in [0.25, 0.3) is 0 Å². The Morgan fingerprint density at radius 1 is 0.963 bits per heavy atom. The van der Waals surface area contributed by atoms with Crippen LogP contribution < -0.4 is 0 Å². The molecule has 0 aliphatic rings. The van der Waals surface area contributed by atoms with Gasteiger partial charge in [0, 0.05) is 12.5 Å². The Hall–Kier alpha value is -3.68. The first kappa shape index (κ1) is 19.6. The number of hydrogen-bond donors (Lipinski definition) is 4. The summed E-state index contributed by atoms with van der Waals surface area (Å²) >= 11 is 0. The van der Waals surface area contributed by atoms with Crippen molar-refractivity contribution in [2.24, 2.45) is 0 Å². The molecule has 2 rings (SSSR count). The van der Waals surface area contributed by atoms with Gasteiger partial charge < -0.3 is 29.9 Å². The Morgan fingerprint density at radius 2 is 1.59 bits per heavy atom. The van der Waals surface area contributed by atoms with Gasteiger partial charge in [0.15, 0.2) is 23.0 Å². The minimum atomic E-state index is -1.26. The normalized spacial score (nSPS) is 11.9. The van der Waals surface area contributed by atoms with Crippen molar-refractivity contribution in [1.29, 1.82) is 0 Å². The molecule has 0 radical (unpaired) electrons. The highest BCUT2D eigenvalue weighted by Crippen LogP contribution is 2.26. The molecule has 8 nitrogen and oxygen atoms in total. The summed E-state index contributed by atoms with van der Waals surface area (Å²) in [6.45, 7) is 0. The summed E-state index contributed by atoms with van der Waals surface area (Å²) in [6.07, 6.45) is 1.06. The molecule has 0 spiro atoms. The van der Waals surface area contributed by atoms with Crippen LogP contribution >= 0.6 is 0 Å². The molecule has 0 aromatic heterocycles. The zero-order chi connectivity index (χ0) is 20.0. The Bertz CT molecular complexity index is 872. The molecular formula is C19H18O8. The lowest BCUT2D eigenvalue weighted by Gasteiger charge is -2.15. The van der Waals surface area contributed by atoms with Crippen LogP contribution in [0.15, 0.2) is 42.5 Å². The van der Waals surface area contributed by atoms with Gasteiger partial charge in [-0.25, -0.2) is 9.59 Å². The van der Waals surface area contributed by atoms with E-state index in [2.05, 4.69) is 4.74 Å². The number of phenolic OH excluding ortho intramolecular Hbond substituents is 4. The third kappa shape index (κ3) is 5.40. The molecule has 0 fully saturated rings. The zero-order valence-electron chi connectivity index (χ0n) is 14.3. The van der Waals surface area contributed by atoms with Crippen LogP contribution in [0.5, 0.6) is 23.0 Å². The first-order valence-corrected chi connectivity index (χ1v) is 7.79. The van der Waals surface area contributed by atoms with Gasteiger partial charge in [-0.2, -0.15) is 0 Å². The van der Waals surface area contributed by atoms with Gasteiger partial charge in [-0.1, -0.05) is 12.1 Å². The number of phenols is 4. The first-order valence-electron chi connectivity index (χ1n) is 7.79. The van der Waals surface area contributed by atoms with Crippen LogP contribution in [0.2, 0.25) is 0 Å². The van der Waals surface area contributed by atoms with E-state index in [0.29, 0.717) is 11.1 Å². The molecule has 0 aliphatic heterocycles. The molecule has 0 saturated heterocycles. The highest BCUT2D eigenvalue weighted by Gasteiger charge is 2.24. The second kappa shape index (κ2) is 8.61. The van der Waals surface area contributed by atoms with E-state index in [9.17, 15) is 30.0 Å². The highest BCUT2D eigenvalue weighted by atomic mass is 16.6. The minimum absolute atomic E-state index is 0.0694. The maximum Gasteiger partial charge on any atom is 0.347 e. The van der Waals surface area contributed by atoms with E-state index in [4.69, 9.17) is 4.74 Å². The summed E-state index contributed by atoms with van der Waals surface area (Å²) in [5.74, 6) is -2.93. The van der Waals surface area contributed by atoms with Gasteiger partial charge >= 0.3 is 11.9 Å². The van der Waals surface area contributed by atoms with Crippen molar-refractivity contribution >= 4 is 18.0 Å². The highest BCUT2D eigenvalue weighted by molar-refractivity contribution is 5.89. The van der Waals surface area contributed by atoms with Gasteiger partial charge in [0.05, 0.1) is 7.11 Å². The SMILES string of the molecule is COC(=O)[C@@H](Cc1ccc(O)c(O)c1)OC(=O)C=Cc1ccc(O)c(O)c1. The zero-order valence-corrected chi connectivity index (χ0v) is 14.3. The third-order valence-electron chi connectivity index (χ3n) is 3.59. The standard InChI is InChI=1S/C19H18O8/c1-26-19(25)17(10-12-3-6-14(21)16(23)9-12)27-18(24)7-4-11-2-5-13(20)15(22)8-11/h2-9,17,20-23H,10H2,1H3/t17-/m1/s1. The van der Waals surface area contributed by atoms with Crippen molar-refractivity contribution in [3.05, 3.63) is 53.6 Å². The number of hydrogen-bond acceptors (Lipinski definition) is 8. The summed E-state index contributed by atoms with van der Waals surface area (Å²) in [6, 6.07) is 7.93. The molecule has 2 aromatic carbocycles. The molecule has 0 bridgehead atoms. The summed E-state index contributed by atoms with van der Waals surface area (Å²) in [7, 11) is 1.15. The van der Waals surface area contributed by atoms with Crippen LogP contribution in [0.4, 0.5) is 0 Å². The second-order valence-corrected chi connectivity index (χ2v) is 5.56. The van der Waals surface area contributed by atoms with Crippen molar-refractivity contribution in [3.8, 4) is 23.0 Å². The average Bonchev–Trinajstić information content (AvgIpc) is 2.64. The molecule has 142 valence electrons. The number of aromatic hydroxyl groups is 4. The van der Waals surface area contributed by atoms with E-state index >= 15 is 0 Å². The van der Waals surface area contributed by atoms with Crippen molar-refractivity contribution in [2.75, 3.05) is 7.11 Å². The van der Waals surface area contributed by atoms with E-state index in [0.717, 1.165) is 13.2 Å². The number of rotatable bonds is 6. The Morgan fingerprint density at radius 3 is 2.19 bits per heavy atom. The summed E-state index contributed by atoms with van der Waals surface area (Å²) < 4.78 is 9.71. The maximum absolute atomic E-state index is 12.0. The molecule has 0 heterocycles. The van der Waals surface area contributed by atoms with Crippen LogP contribution in [0, 0.1) is 0 Å². The molecule has 0 unspecified atom stereocenters. The lowest BCUT2D eigenvalue weighted by Crippen LogP contribution is -2.30. The van der Waals surface area contributed by atoms with Crippen LogP contribution in [0.1, 0.15) is 11.1 Å². The quantitative estimate of drug-likeness (QED) is 0.342. The Kier molecular flexibility index (Phi) is 6.27. The largest absolute Gasteiger partial charge is 0.504 e. The van der Waals surface area contributed by atoms with E-state index in [1.54, 1.807) is 0 Å². The van der Waals surface area contributed by atoms with Gasteiger partial charge in [-0.15, -0.1) is 0 Å². The number of carbonyl (C=O) groups is 2. The molecular weight excluding hydrogens is 356 g/mol. The van der Waals surface area contributed by atoms with Crippen LogP contribution in [-0.2, 0) is 25.5 Å². The summed E-state index contributed by atoms with van der Waals surface area (Å²) in [5.41, 5.74) is 0.876. The molecule has 2 aromatic rings. The van der Waals surface area contributed by atoms with Gasteiger partial charge in [-0.05, 0) is 41.5 Å². The molecule has 0 aliphatic carbocycles. The van der Waals surface area contributed by atoms with E-state index in [1.807, 2.05) is 0 Å². The lowest BCUT2D eigenvalue weighted by atomic mass is 10.1. The third-order valence-corrected chi connectivity index (χ3v) is 3.59. The monoisotopic (exact) mass is 374 g/mol. The van der Waals surface area contributed by atoms with Gasteiger partial charge in [0.2, 0.25) is 6.10 Å². The predicted molar refractivity (Wildman–Crippen MR) is 94.2 cm³/mol. The number of carbonyl (C=O) groups excluding carboxylic acids is 2. The van der Waals surface area contributed by atoms with Crippen LogP contribution in [0.25, 0.3) is 6.08 Å². The van der Waals surface area contributed by atoms with Crippen molar-refractivity contribution in [2.45, 2.75) is 12.5 Å². The maximum atomic E-state index is 12.0. The van der Waals surface area contributed by atoms with Crippen LogP contribution in [-0.4, -0.2) is 45.6 Å². The van der Waals surface area contributed by atoms with E-state index < -0.39 is 18.0 Å². The van der Waals surface area contributed by atoms with E-state index in [-0.39, 0.29) is 29.4 Å². The molecule has 0 saturated carbocycles. The molecule has 0 amide bonds. The fraction of sp³-hybridized carbons (Fsp3) is 0.158. The van der Waals surface area contributed by atoms with Crippen molar-refractivity contribution in [1.82, 2.24) is 0 Å². The number of methoxy groups -OCH3 is 1. The molecule has 27 heavy (non-hydrogen) atoms. The summed E-state index contributed by atoms with van der Waals surface area (Å²) in [5, 5.41) is 37.5. The fourth-order valence-electron chi connectivity index (χ4n) is 2.20. The predicted octanol–water partition coefficient (Wildman–Crippen LogP) is 1.85. The smallest absolute Gasteiger partial charge is 0.347 e. The topological polar surface area (TPSA) is 134 Å². The fourth-order valence-corrected chi connectivity index (χ4v) is 2.20. The molecule has 1 atom stereocenters. The number of benzene rings is 2. The van der Waals surface area contributed by atoms with E-state index in [1.165, 1.54) is 42.5 Å². The Balaban J connectivity index is 2.09. The first-order chi connectivity index (χ1) is 12.8. The van der Waals surface area contributed by atoms with Crippen LogP contribution in [0.3, 0.4) is 0 Å². The molecule has 8 heteroatoms. The summed E-state index contributed by atoms with van der Waals surface area (Å²) in [4.78, 5) is 23.9. The Labute approximate surface area is 154 Å². The van der Waals surface area contributed by atoms with Crippen molar-refractivity contribution < 1.29 is 39.5 Å². The molecule has 4 N–H and O–H groups in total. The average molecular weight is 374 g/mol.